The molecule has 1 aliphatic heterocycles. The maximum Gasteiger partial charge on any atom is 0.334 e. The van der Waals surface area contributed by atoms with E-state index >= 15 is 0 Å². The first kappa shape index (κ1) is 17.5. The molecule has 3 aromatic rings. The Kier molecular flexibility index (Phi) is 4.54. The molecule has 9 heteroatoms. The van der Waals surface area contributed by atoms with Crippen molar-refractivity contribution in [3.63, 3.8) is 0 Å². The van der Waals surface area contributed by atoms with Gasteiger partial charge < -0.3 is 15.4 Å². The monoisotopic (exact) mass is 370 g/mol. The van der Waals surface area contributed by atoms with Crippen LogP contribution in [0.15, 0.2) is 40.1 Å². The fourth-order valence-corrected chi connectivity index (χ4v) is 3.55. The van der Waals surface area contributed by atoms with Crippen molar-refractivity contribution < 1.29 is 4.74 Å². The second kappa shape index (κ2) is 7.01. The van der Waals surface area contributed by atoms with Crippen molar-refractivity contribution >= 4 is 16.6 Å². The Bertz CT molecular complexity index is 1080. The summed E-state index contributed by atoms with van der Waals surface area (Å²) in [6, 6.07) is 7.44. The summed E-state index contributed by atoms with van der Waals surface area (Å²) in [6.07, 6.45) is 2.52. The molecule has 2 atom stereocenters. The van der Waals surface area contributed by atoms with Crippen molar-refractivity contribution in [2.45, 2.75) is 18.6 Å². The molecule has 1 fully saturated rings. The number of hydrogen-bond acceptors (Lipinski definition) is 6. The van der Waals surface area contributed by atoms with E-state index in [0.717, 1.165) is 36.1 Å². The molecule has 3 heterocycles. The van der Waals surface area contributed by atoms with Gasteiger partial charge in [0.1, 0.15) is 0 Å². The molecule has 9 nitrogen and oxygen atoms in total. The lowest BCUT2D eigenvalue weighted by Gasteiger charge is -2.32. The number of anilines is 1. The number of benzene rings is 1. The largest absolute Gasteiger partial charge is 0.380 e. The van der Waals surface area contributed by atoms with Crippen LogP contribution in [0, 0.1) is 0 Å². The zero-order chi connectivity index (χ0) is 19.0. The zero-order valence-corrected chi connectivity index (χ0v) is 15.2. The summed E-state index contributed by atoms with van der Waals surface area (Å²) >= 11 is 0. The number of nitrogens with zero attached hydrogens (tertiary/aromatic N) is 3. The van der Waals surface area contributed by atoms with Crippen LogP contribution < -0.4 is 21.9 Å². The first-order chi connectivity index (χ1) is 13.1. The molecule has 4 rings (SSSR count). The third kappa shape index (κ3) is 3.26. The number of aromatic amines is 1. The van der Waals surface area contributed by atoms with E-state index in [1.54, 1.807) is 11.8 Å². The fourth-order valence-electron chi connectivity index (χ4n) is 3.55. The first-order valence-corrected chi connectivity index (χ1v) is 8.86. The molecule has 0 amide bonds. The second-order valence-corrected chi connectivity index (χ2v) is 6.68. The highest BCUT2D eigenvalue weighted by Crippen LogP contribution is 2.25. The highest BCUT2D eigenvalue weighted by Gasteiger charge is 2.24. The fraction of sp³-hybridized carbons (Fsp3) is 0.389. The summed E-state index contributed by atoms with van der Waals surface area (Å²) in [7, 11) is 3.56. The summed E-state index contributed by atoms with van der Waals surface area (Å²) in [4.78, 5) is 25.7. The number of hydrogen-bond donors (Lipinski definition) is 3. The van der Waals surface area contributed by atoms with Crippen molar-refractivity contribution in [3.8, 4) is 5.82 Å². The average molecular weight is 370 g/mol. The van der Waals surface area contributed by atoms with Gasteiger partial charge in [-0.1, -0.05) is 0 Å². The van der Waals surface area contributed by atoms with Crippen LogP contribution in [0.25, 0.3) is 16.7 Å². The van der Waals surface area contributed by atoms with Crippen molar-refractivity contribution in [1.29, 1.82) is 0 Å². The van der Waals surface area contributed by atoms with Gasteiger partial charge in [0.2, 0.25) is 0 Å². The third-order valence-electron chi connectivity index (χ3n) is 4.97. The van der Waals surface area contributed by atoms with Crippen LogP contribution in [0.4, 0.5) is 5.69 Å². The van der Waals surface area contributed by atoms with Crippen LogP contribution in [0.3, 0.4) is 0 Å². The van der Waals surface area contributed by atoms with Crippen molar-refractivity contribution in [1.82, 2.24) is 24.6 Å². The normalized spacial score (nSPS) is 20.1. The summed E-state index contributed by atoms with van der Waals surface area (Å²) in [5, 5.41) is 12.2. The Labute approximate surface area is 155 Å². The van der Waals surface area contributed by atoms with E-state index in [1.807, 2.05) is 25.2 Å². The molecule has 2 aromatic heterocycles. The minimum Gasteiger partial charge on any atom is -0.380 e. The molecule has 3 N–H and O–H groups in total. The maximum absolute atomic E-state index is 12.1. The summed E-state index contributed by atoms with van der Waals surface area (Å²) in [5.74, 6) is 0.483. The molecule has 0 aliphatic carbocycles. The van der Waals surface area contributed by atoms with Gasteiger partial charge in [0.25, 0.3) is 5.56 Å². The van der Waals surface area contributed by atoms with E-state index in [-0.39, 0.29) is 12.1 Å². The van der Waals surface area contributed by atoms with Crippen LogP contribution in [0.2, 0.25) is 0 Å². The SMILES string of the molecule is CO[C@@H]1CNCC[C@H]1Nc1ccc2c(-n3ccc(=O)[nH]c3=O)nn(C)c2c1. The van der Waals surface area contributed by atoms with E-state index in [1.165, 1.54) is 16.8 Å². The number of H-pyrrole nitrogens is 1. The van der Waals surface area contributed by atoms with Crippen LogP contribution in [0.5, 0.6) is 0 Å². The molecule has 1 aliphatic rings. The van der Waals surface area contributed by atoms with Gasteiger partial charge in [-0.05, 0) is 31.2 Å². The lowest BCUT2D eigenvalue weighted by atomic mass is 10.0. The molecule has 0 bridgehead atoms. The number of rotatable bonds is 4. The van der Waals surface area contributed by atoms with Crippen molar-refractivity contribution in [3.05, 3.63) is 51.3 Å². The number of methoxy groups -OCH3 is 1. The minimum absolute atomic E-state index is 0.108. The molecule has 27 heavy (non-hydrogen) atoms. The number of fused-ring (bicyclic) bond motifs is 1. The maximum atomic E-state index is 12.1. The van der Waals surface area contributed by atoms with Crippen LogP contribution in [0.1, 0.15) is 6.42 Å². The molecule has 1 saturated heterocycles. The van der Waals surface area contributed by atoms with Gasteiger partial charge in [-0.3, -0.25) is 19.0 Å². The van der Waals surface area contributed by atoms with Gasteiger partial charge >= 0.3 is 5.69 Å². The standard InChI is InChI=1S/C18H22N6O3/c1-23-14-9-11(20-13-5-7-19-10-15(13)27-2)3-4-12(14)17(22-23)24-8-6-16(25)21-18(24)26/h3-4,6,8-9,13,15,19-20H,5,7,10H2,1-2H3,(H,21,25,26)/t13-,15-/m1/s1. The van der Waals surface area contributed by atoms with Crippen molar-refractivity contribution in [2.24, 2.45) is 7.05 Å². The predicted octanol–water partition coefficient (Wildman–Crippen LogP) is 0.201. The van der Waals surface area contributed by atoms with E-state index < -0.39 is 11.2 Å². The lowest BCUT2D eigenvalue weighted by Crippen LogP contribution is -2.48. The summed E-state index contributed by atoms with van der Waals surface area (Å²) in [5.41, 5.74) is 0.913. The number of ether oxygens (including phenoxy) is 1. The number of aromatic nitrogens is 4. The average Bonchev–Trinajstić information content (AvgIpc) is 2.98. The molecular formula is C18H22N6O3. The Morgan fingerprint density at radius 2 is 2.15 bits per heavy atom. The third-order valence-corrected chi connectivity index (χ3v) is 4.97. The highest BCUT2D eigenvalue weighted by molar-refractivity contribution is 5.89. The number of aryl methyl sites for hydroxylation is 1. The van der Waals surface area contributed by atoms with Crippen LogP contribution in [-0.2, 0) is 11.8 Å². The quantitative estimate of drug-likeness (QED) is 0.606. The van der Waals surface area contributed by atoms with E-state index in [0.29, 0.717) is 5.82 Å². The molecule has 1 aromatic carbocycles. The van der Waals surface area contributed by atoms with E-state index in [4.69, 9.17) is 4.74 Å². The highest BCUT2D eigenvalue weighted by atomic mass is 16.5. The van der Waals surface area contributed by atoms with Crippen LogP contribution in [-0.4, -0.2) is 51.7 Å². The molecule has 0 unspecified atom stereocenters. The Morgan fingerprint density at radius 3 is 2.93 bits per heavy atom. The first-order valence-electron chi connectivity index (χ1n) is 8.86. The molecule has 142 valence electrons. The van der Waals surface area contributed by atoms with Gasteiger partial charge in [0, 0.05) is 44.0 Å². The molecular weight excluding hydrogens is 348 g/mol. The van der Waals surface area contributed by atoms with Crippen LogP contribution >= 0.6 is 0 Å². The predicted molar refractivity (Wildman–Crippen MR) is 103 cm³/mol. The van der Waals surface area contributed by atoms with Gasteiger partial charge in [-0.25, -0.2) is 4.79 Å². The molecule has 0 saturated carbocycles. The molecule has 0 radical (unpaired) electrons. The zero-order valence-electron chi connectivity index (χ0n) is 15.2. The van der Waals surface area contributed by atoms with Crippen molar-refractivity contribution in [2.75, 3.05) is 25.5 Å². The molecule has 0 spiro atoms. The summed E-state index contributed by atoms with van der Waals surface area (Å²) in [6.45, 7) is 1.77. The number of nitrogens with one attached hydrogen (secondary N) is 3. The minimum atomic E-state index is -0.512. The summed E-state index contributed by atoms with van der Waals surface area (Å²) < 4.78 is 8.63. The smallest absolute Gasteiger partial charge is 0.334 e. The van der Waals surface area contributed by atoms with Gasteiger partial charge in [0.15, 0.2) is 5.82 Å². The van der Waals surface area contributed by atoms with Gasteiger partial charge in [-0.2, -0.15) is 5.10 Å². The van der Waals surface area contributed by atoms with E-state index in [9.17, 15) is 9.59 Å². The Hall–Kier alpha value is -2.91. The Morgan fingerprint density at radius 1 is 1.30 bits per heavy atom. The second-order valence-electron chi connectivity index (χ2n) is 6.68. The number of piperidine rings is 1. The topological polar surface area (TPSA) is 106 Å². The lowest BCUT2D eigenvalue weighted by molar-refractivity contribution is 0.0707. The van der Waals surface area contributed by atoms with Gasteiger partial charge in [0.05, 0.1) is 17.7 Å². The Balaban J connectivity index is 1.70. The van der Waals surface area contributed by atoms with Gasteiger partial charge in [-0.15, -0.1) is 0 Å². The van der Waals surface area contributed by atoms with E-state index in [2.05, 4.69) is 20.7 Å².